The second-order valence-electron chi connectivity index (χ2n) is 4.20. The monoisotopic (exact) mass is 288 g/mol. The predicted octanol–water partition coefficient (Wildman–Crippen LogP) is 2.23. The zero-order chi connectivity index (χ0) is 14.4. The average molecular weight is 288 g/mol. The number of benzene rings is 2. The first-order chi connectivity index (χ1) is 9.70. The average Bonchev–Trinajstić information content (AvgIpc) is 2.48. The van der Waals surface area contributed by atoms with Crippen molar-refractivity contribution in [1.29, 1.82) is 0 Å². The molecule has 1 atom stereocenters. The van der Waals surface area contributed by atoms with E-state index in [1.807, 2.05) is 30.3 Å². The molecule has 3 N–H and O–H groups in total. The number of anilines is 1. The summed E-state index contributed by atoms with van der Waals surface area (Å²) < 4.78 is 0. The molecule has 5 heteroatoms. The van der Waals surface area contributed by atoms with Crippen LogP contribution in [-0.2, 0) is 6.61 Å². The van der Waals surface area contributed by atoms with Crippen molar-refractivity contribution in [3.63, 3.8) is 0 Å². The topological polar surface area (TPSA) is 61.4 Å². The number of carbonyl (C=O) groups excluding carboxylic acids is 1. The summed E-state index contributed by atoms with van der Waals surface area (Å²) in [5, 5.41) is 15.0. The lowest BCUT2D eigenvalue weighted by molar-refractivity contribution is 0.0953. The highest BCUT2D eigenvalue weighted by atomic mass is 32.1. The van der Waals surface area contributed by atoms with Gasteiger partial charge in [0.2, 0.25) is 0 Å². The lowest BCUT2D eigenvalue weighted by atomic mass is 10.2. The summed E-state index contributed by atoms with van der Waals surface area (Å²) in [7, 11) is 0. The highest BCUT2D eigenvalue weighted by molar-refractivity contribution is 7.81. The summed E-state index contributed by atoms with van der Waals surface area (Å²) in [5.74, 6) is -0.209. The van der Waals surface area contributed by atoms with Crippen LogP contribution >= 0.6 is 12.6 Å². The summed E-state index contributed by atoms with van der Waals surface area (Å²) in [6.45, 7) is -0.0731. The number of hydrogen-bond acceptors (Lipinski definition) is 4. The minimum atomic E-state index is -0.546. The van der Waals surface area contributed by atoms with Gasteiger partial charge in [-0.3, -0.25) is 4.79 Å². The molecule has 20 heavy (non-hydrogen) atoms. The standard InChI is InChI=1S/C15H16N2O2S/c18-10-12-8-4-5-9-13(12)16-15(20)17-14(19)11-6-2-1-3-7-11/h1-9,15-16,18,20H,10H2,(H,17,19). The Balaban J connectivity index is 1.99. The molecule has 0 spiro atoms. The van der Waals surface area contributed by atoms with Crippen LogP contribution in [0.2, 0.25) is 0 Å². The van der Waals surface area contributed by atoms with Crippen LogP contribution in [0.4, 0.5) is 5.69 Å². The van der Waals surface area contributed by atoms with Gasteiger partial charge in [-0.05, 0) is 18.2 Å². The zero-order valence-electron chi connectivity index (χ0n) is 10.8. The van der Waals surface area contributed by atoms with E-state index in [2.05, 4.69) is 23.3 Å². The van der Waals surface area contributed by atoms with E-state index in [1.165, 1.54) is 0 Å². The van der Waals surface area contributed by atoms with Gasteiger partial charge in [0.15, 0.2) is 0 Å². The summed E-state index contributed by atoms with van der Waals surface area (Å²) in [6, 6.07) is 16.2. The second kappa shape index (κ2) is 6.98. The van der Waals surface area contributed by atoms with Gasteiger partial charge < -0.3 is 15.7 Å². The van der Waals surface area contributed by atoms with E-state index in [0.717, 1.165) is 11.3 Å². The molecule has 1 unspecified atom stereocenters. The Kier molecular flexibility index (Phi) is 5.03. The van der Waals surface area contributed by atoms with Gasteiger partial charge in [-0.1, -0.05) is 36.4 Å². The molecule has 0 radical (unpaired) electrons. The molecule has 2 aromatic rings. The minimum absolute atomic E-state index is 0.0731. The van der Waals surface area contributed by atoms with Gasteiger partial charge in [0.25, 0.3) is 5.91 Å². The van der Waals surface area contributed by atoms with Crippen LogP contribution in [0.5, 0.6) is 0 Å². The van der Waals surface area contributed by atoms with Gasteiger partial charge in [0.05, 0.1) is 6.61 Å². The lowest BCUT2D eigenvalue weighted by Crippen LogP contribution is -2.36. The summed E-state index contributed by atoms with van der Waals surface area (Å²) in [4.78, 5) is 12.0. The van der Waals surface area contributed by atoms with Gasteiger partial charge in [-0.25, -0.2) is 0 Å². The third-order valence-electron chi connectivity index (χ3n) is 2.78. The first kappa shape index (κ1) is 14.4. The van der Waals surface area contributed by atoms with Gasteiger partial charge in [-0.15, -0.1) is 12.6 Å². The Hall–Kier alpha value is -1.98. The van der Waals surface area contributed by atoms with Crippen molar-refractivity contribution in [3.8, 4) is 0 Å². The molecule has 0 saturated carbocycles. The van der Waals surface area contributed by atoms with E-state index >= 15 is 0 Å². The fourth-order valence-electron chi connectivity index (χ4n) is 1.78. The maximum Gasteiger partial charge on any atom is 0.253 e. The number of aliphatic hydroxyl groups is 1. The van der Waals surface area contributed by atoms with Crippen molar-refractivity contribution in [3.05, 3.63) is 65.7 Å². The number of para-hydroxylation sites is 1. The molecule has 0 aliphatic heterocycles. The summed E-state index contributed by atoms with van der Waals surface area (Å²) >= 11 is 4.29. The normalized spacial score (nSPS) is 11.7. The molecule has 0 aliphatic rings. The number of carbonyl (C=O) groups is 1. The second-order valence-corrected chi connectivity index (χ2v) is 4.72. The Morgan fingerprint density at radius 1 is 1.10 bits per heavy atom. The summed E-state index contributed by atoms with van der Waals surface area (Å²) in [5.41, 5.74) is 1.52. The third-order valence-corrected chi connectivity index (χ3v) is 3.04. The van der Waals surface area contributed by atoms with E-state index in [0.29, 0.717) is 5.56 Å². The Morgan fingerprint density at radius 2 is 1.75 bits per heavy atom. The molecular formula is C15H16N2O2S. The molecule has 4 nitrogen and oxygen atoms in total. The van der Waals surface area contributed by atoms with Crippen molar-refractivity contribution < 1.29 is 9.90 Å². The first-order valence-electron chi connectivity index (χ1n) is 6.20. The van der Waals surface area contributed by atoms with Crippen molar-refractivity contribution in [2.75, 3.05) is 5.32 Å². The maximum atomic E-state index is 12.0. The Bertz CT molecular complexity index is 575. The zero-order valence-corrected chi connectivity index (χ0v) is 11.7. The van der Waals surface area contributed by atoms with Crippen LogP contribution in [0, 0.1) is 0 Å². The van der Waals surface area contributed by atoms with Gasteiger partial charge in [0, 0.05) is 16.8 Å². The largest absolute Gasteiger partial charge is 0.392 e. The summed E-state index contributed by atoms with van der Waals surface area (Å²) in [6.07, 6.45) is 0. The van der Waals surface area contributed by atoms with Gasteiger partial charge >= 0.3 is 0 Å². The molecule has 2 aromatic carbocycles. The molecule has 104 valence electrons. The number of rotatable bonds is 5. The lowest BCUT2D eigenvalue weighted by Gasteiger charge is -2.18. The van der Waals surface area contributed by atoms with Crippen LogP contribution < -0.4 is 10.6 Å². The number of amides is 1. The maximum absolute atomic E-state index is 12.0. The Morgan fingerprint density at radius 3 is 2.45 bits per heavy atom. The highest BCUT2D eigenvalue weighted by Crippen LogP contribution is 2.16. The number of thiol groups is 1. The van der Waals surface area contributed by atoms with E-state index < -0.39 is 5.50 Å². The fourth-order valence-corrected chi connectivity index (χ4v) is 2.04. The van der Waals surface area contributed by atoms with Crippen LogP contribution in [-0.4, -0.2) is 16.5 Å². The van der Waals surface area contributed by atoms with Crippen LogP contribution in [0.3, 0.4) is 0 Å². The van der Waals surface area contributed by atoms with Gasteiger partial charge in [0.1, 0.15) is 5.50 Å². The Labute approximate surface area is 123 Å². The smallest absolute Gasteiger partial charge is 0.253 e. The molecule has 0 fully saturated rings. The van der Waals surface area contributed by atoms with Crippen molar-refractivity contribution in [1.82, 2.24) is 5.32 Å². The molecule has 0 bridgehead atoms. The van der Waals surface area contributed by atoms with Crippen LogP contribution in [0.15, 0.2) is 54.6 Å². The highest BCUT2D eigenvalue weighted by Gasteiger charge is 2.10. The third kappa shape index (κ3) is 3.76. The van der Waals surface area contributed by atoms with Crippen molar-refractivity contribution in [2.45, 2.75) is 12.1 Å². The number of aliphatic hydroxyl groups excluding tert-OH is 1. The van der Waals surface area contributed by atoms with E-state index in [-0.39, 0.29) is 12.5 Å². The predicted molar refractivity (Wildman–Crippen MR) is 82.7 cm³/mol. The van der Waals surface area contributed by atoms with Crippen molar-refractivity contribution >= 4 is 24.2 Å². The van der Waals surface area contributed by atoms with Gasteiger partial charge in [-0.2, -0.15) is 0 Å². The minimum Gasteiger partial charge on any atom is -0.392 e. The number of hydrogen-bond donors (Lipinski definition) is 4. The molecule has 1 amide bonds. The molecule has 0 aromatic heterocycles. The molecule has 0 saturated heterocycles. The first-order valence-corrected chi connectivity index (χ1v) is 6.71. The van der Waals surface area contributed by atoms with E-state index in [4.69, 9.17) is 0 Å². The molecule has 0 aliphatic carbocycles. The number of nitrogens with one attached hydrogen (secondary N) is 2. The van der Waals surface area contributed by atoms with E-state index in [1.54, 1.807) is 24.3 Å². The van der Waals surface area contributed by atoms with E-state index in [9.17, 15) is 9.90 Å². The molecule has 2 rings (SSSR count). The molecular weight excluding hydrogens is 272 g/mol. The van der Waals surface area contributed by atoms with Crippen LogP contribution in [0.1, 0.15) is 15.9 Å². The van der Waals surface area contributed by atoms with Crippen molar-refractivity contribution in [2.24, 2.45) is 0 Å². The fraction of sp³-hybridized carbons (Fsp3) is 0.133. The SMILES string of the molecule is O=C(NC(S)Nc1ccccc1CO)c1ccccc1. The van der Waals surface area contributed by atoms with Crippen LogP contribution in [0.25, 0.3) is 0 Å². The molecule has 0 heterocycles. The quantitative estimate of drug-likeness (QED) is 0.504.